The molecule has 2 aromatic heterocycles. The second kappa shape index (κ2) is 8.47. The van der Waals surface area contributed by atoms with E-state index >= 15 is 0 Å². The molecule has 0 aliphatic carbocycles. The summed E-state index contributed by atoms with van der Waals surface area (Å²) in [5.74, 6) is -0.142. The lowest BCUT2D eigenvalue weighted by Crippen LogP contribution is -2.25. The first-order valence-corrected chi connectivity index (χ1v) is 8.39. The first-order valence-electron chi connectivity index (χ1n) is 8.39. The molecule has 0 bridgehead atoms. The van der Waals surface area contributed by atoms with E-state index in [1.54, 1.807) is 48.7 Å². The summed E-state index contributed by atoms with van der Waals surface area (Å²) in [7, 11) is 0. The Bertz CT molecular complexity index is 1160. The third-order valence-electron chi connectivity index (χ3n) is 3.75. The summed E-state index contributed by atoms with van der Waals surface area (Å²) in [6, 6.07) is 15.7. The van der Waals surface area contributed by atoms with Crippen molar-refractivity contribution in [1.82, 2.24) is 14.7 Å². The van der Waals surface area contributed by atoms with Crippen LogP contribution in [0.3, 0.4) is 0 Å². The average molecular weight is 372 g/mol. The maximum absolute atomic E-state index is 13.0. The minimum Gasteiger partial charge on any atom is -0.438 e. The minimum atomic E-state index is -0.620. The van der Waals surface area contributed by atoms with Gasteiger partial charge in [0.2, 0.25) is 5.88 Å². The molecule has 0 saturated carbocycles. The predicted octanol–water partition coefficient (Wildman–Crippen LogP) is 2.70. The molecule has 7 nitrogen and oxygen atoms in total. The second-order valence-electron chi connectivity index (χ2n) is 5.65. The molecule has 138 valence electrons. The summed E-state index contributed by atoms with van der Waals surface area (Å²) in [5, 5.41) is 11.9. The van der Waals surface area contributed by atoms with E-state index in [9.17, 15) is 14.9 Å². The minimum absolute atomic E-state index is 0.00199. The lowest BCUT2D eigenvalue weighted by atomic mass is 10.1. The van der Waals surface area contributed by atoms with Crippen LogP contribution in [0.5, 0.6) is 11.6 Å². The van der Waals surface area contributed by atoms with Gasteiger partial charge >= 0.3 is 0 Å². The molecule has 0 saturated heterocycles. The molecule has 1 N–H and O–H groups in total. The fourth-order valence-corrected chi connectivity index (χ4v) is 2.44. The van der Waals surface area contributed by atoms with E-state index < -0.39 is 11.5 Å². The Morgan fingerprint density at radius 3 is 2.71 bits per heavy atom. The number of rotatable bonds is 6. The Morgan fingerprint density at radius 2 is 2.00 bits per heavy atom. The van der Waals surface area contributed by atoms with Crippen molar-refractivity contribution in [2.45, 2.75) is 0 Å². The number of aromatic nitrogens is 2. The Balaban J connectivity index is 2.17. The Hall–Kier alpha value is -4.18. The number of nitrogens with zero attached hydrogens (tertiary/aromatic N) is 3. The molecule has 0 radical (unpaired) electrons. The highest BCUT2D eigenvalue weighted by molar-refractivity contribution is 6.01. The van der Waals surface area contributed by atoms with Crippen molar-refractivity contribution in [3.8, 4) is 17.7 Å². The smallest absolute Gasteiger partial charge is 0.269 e. The summed E-state index contributed by atoms with van der Waals surface area (Å²) >= 11 is 0. The van der Waals surface area contributed by atoms with Crippen LogP contribution in [0.2, 0.25) is 0 Å². The van der Waals surface area contributed by atoms with Crippen LogP contribution >= 0.6 is 0 Å². The van der Waals surface area contributed by atoms with Crippen molar-refractivity contribution < 1.29 is 9.53 Å². The topological polar surface area (TPSA) is 96.5 Å². The van der Waals surface area contributed by atoms with Gasteiger partial charge in [-0.2, -0.15) is 10.2 Å². The molecule has 0 fully saturated rings. The Morgan fingerprint density at radius 1 is 1.25 bits per heavy atom. The maximum Gasteiger partial charge on any atom is 0.269 e. The van der Waals surface area contributed by atoms with Gasteiger partial charge in [0, 0.05) is 12.7 Å². The van der Waals surface area contributed by atoms with Crippen molar-refractivity contribution in [1.29, 1.82) is 5.26 Å². The van der Waals surface area contributed by atoms with Crippen LogP contribution in [0.25, 0.3) is 11.7 Å². The molecule has 0 aliphatic rings. The lowest BCUT2D eigenvalue weighted by molar-refractivity contribution is -0.116. The highest BCUT2D eigenvalue weighted by Gasteiger charge is 2.17. The number of pyridine rings is 1. The molecule has 3 rings (SSSR count). The zero-order valence-corrected chi connectivity index (χ0v) is 14.8. The van der Waals surface area contributed by atoms with Crippen LogP contribution in [0.1, 0.15) is 5.56 Å². The van der Waals surface area contributed by atoms with E-state index in [0.29, 0.717) is 11.4 Å². The summed E-state index contributed by atoms with van der Waals surface area (Å²) in [4.78, 5) is 29.5. The average Bonchev–Trinajstić information content (AvgIpc) is 2.73. The number of amides is 1. The monoisotopic (exact) mass is 372 g/mol. The van der Waals surface area contributed by atoms with E-state index in [-0.39, 0.29) is 23.6 Å². The van der Waals surface area contributed by atoms with E-state index in [1.165, 1.54) is 16.6 Å². The van der Waals surface area contributed by atoms with E-state index in [0.717, 1.165) is 0 Å². The van der Waals surface area contributed by atoms with Gasteiger partial charge in [-0.15, -0.1) is 6.58 Å². The largest absolute Gasteiger partial charge is 0.438 e. The van der Waals surface area contributed by atoms with Crippen LogP contribution in [0.4, 0.5) is 0 Å². The van der Waals surface area contributed by atoms with Crippen molar-refractivity contribution in [2.75, 3.05) is 6.54 Å². The third-order valence-corrected chi connectivity index (χ3v) is 3.75. The number of fused-ring (bicyclic) bond motifs is 1. The summed E-state index contributed by atoms with van der Waals surface area (Å²) in [5.41, 5.74) is -0.321. The molecule has 1 amide bonds. The highest BCUT2D eigenvalue weighted by Crippen LogP contribution is 2.23. The van der Waals surface area contributed by atoms with Gasteiger partial charge in [0.05, 0.1) is 0 Å². The zero-order valence-electron chi connectivity index (χ0n) is 14.8. The van der Waals surface area contributed by atoms with E-state index in [2.05, 4.69) is 16.9 Å². The van der Waals surface area contributed by atoms with Gasteiger partial charge < -0.3 is 10.1 Å². The lowest BCUT2D eigenvalue weighted by Gasteiger charge is -2.10. The van der Waals surface area contributed by atoms with Crippen molar-refractivity contribution in [2.24, 2.45) is 0 Å². The molecule has 2 heterocycles. The van der Waals surface area contributed by atoms with Gasteiger partial charge in [-0.1, -0.05) is 30.3 Å². The number of carbonyl (C=O) groups excluding carboxylic acids is 1. The number of benzene rings is 1. The molecule has 0 aliphatic heterocycles. The van der Waals surface area contributed by atoms with Gasteiger partial charge in [-0.25, -0.2) is 0 Å². The van der Waals surface area contributed by atoms with Crippen LogP contribution < -0.4 is 15.6 Å². The number of para-hydroxylation sites is 1. The molecule has 1 aromatic carbocycles. The first kappa shape index (κ1) is 18.6. The molecule has 0 unspecified atom stereocenters. The van der Waals surface area contributed by atoms with Gasteiger partial charge in [0.1, 0.15) is 28.6 Å². The molecule has 0 spiro atoms. The zero-order chi connectivity index (χ0) is 19.9. The van der Waals surface area contributed by atoms with Crippen LogP contribution in [-0.4, -0.2) is 21.8 Å². The maximum atomic E-state index is 13.0. The van der Waals surface area contributed by atoms with Gasteiger partial charge in [0.25, 0.3) is 11.5 Å². The predicted molar refractivity (Wildman–Crippen MR) is 105 cm³/mol. The molecular formula is C21H16N4O3. The molecule has 0 atom stereocenters. The Kier molecular flexibility index (Phi) is 5.63. The standard InChI is InChI=1S/C21H16N4O3/c1-2-11-23-19(26)15(14-22)13-17-20(28-16-8-4-3-5-9-16)24-18-10-6-7-12-25(18)21(17)27/h2-10,12-13H,1,11H2,(H,23,26)/b15-13+. The highest BCUT2D eigenvalue weighted by atomic mass is 16.5. The second-order valence-corrected chi connectivity index (χ2v) is 5.65. The van der Waals surface area contributed by atoms with E-state index in [1.807, 2.05) is 12.1 Å². The summed E-state index contributed by atoms with van der Waals surface area (Å²) in [6.45, 7) is 3.71. The Labute approximate surface area is 160 Å². The molecular weight excluding hydrogens is 356 g/mol. The van der Waals surface area contributed by atoms with Crippen LogP contribution in [-0.2, 0) is 4.79 Å². The number of ether oxygens (including phenoxy) is 1. The summed E-state index contributed by atoms with van der Waals surface area (Å²) in [6.07, 6.45) is 4.23. The number of hydrogen-bond acceptors (Lipinski definition) is 5. The van der Waals surface area contributed by atoms with Crippen LogP contribution in [0, 0.1) is 11.3 Å². The van der Waals surface area contributed by atoms with Gasteiger partial charge in [-0.05, 0) is 30.3 Å². The van der Waals surface area contributed by atoms with E-state index in [4.69, 9.17) is 4.74 Å². The summed E-state index contributed by atoms with van der Waals surface area (Å²) < 4.78 is 7.10. The number of carbonyl (C=O) groups is 1. The van der Waals surface area contributed by atoms with Crippen LogP contribution in [0.15, 0.2) is 77.8 Å². The quantitative estimate of drug-likeness (QED) is 0.408. The van der Waals surface area contributed by atoms with Gasteiger partial charge in [0.15, 0.2) is 0 Å². The number of nitrogens with one attached hydrogen (secondary N) is 1. The SMILES string of the molecule is C=CCNC(=O)/C(C#N)=C/c1c(Oc2ccccc2)nc2ccccn2c1=O. The van der Waals surface area contributed by atoms with Crippen molar-refractivity contribution in [3.05, 3.63) is 88.9 Å². The van der Waals surface area contributed by atoms with Crippen molar-refractivity contribution >= 4 is 17.6 Å². The fourth-order valence-electron chi connectivity index (χ4n) is 2.44. The fraction of sp³-hybridized carbons (Fsp3) is 0.0476. The van der Waals surface area contributed by atoms with Gasteiger partial charge in [-0.3, -0.25) is 14.0 Å². The molecule has 3 aromatic rings. The molecule has 28 heavy (non-hydrogen) atoms. The van der Waals surface area contributed by atoms with Crippen molar-refractivity contribution in [3.63, 3.8) is 0 Å². The molecule has 7 heteroatoms. The third kappa shape index (κ3) is 3.97. The first-order chi connectivity index (χ1) is 13.6. The normalized spacial score (nSPS) is 10.9. The number of nitriles is 1. The number of hydrogen-bond donors (Lipinski definition) is 1.